The first-order chi connectivity index (χ1) is 9.58. The van der Waals surface area contributed by atoms with Gasteiger partial charge in [0.25, 0.3) is 0 Å². The number of anilines is 1. The van der Waals surface area contributed by atoms with E-state index in [2.05, 4.69) is 46.1 Å². The van der Waals surface area contributed by atoms with Crippen molar-refractivity contribution in [3.8, 4) is 0 Å². The molecule has 1 aromatic rings. The van der Waals surface area contributed by atoms with Crippen molar-refractivity contribution >= 4 is 44.8 Å². The summed E-state index contributed by atoms with van der Waals surface area (Å²) in [6.45, 7) is 6.43. The molecular weight excluding hydrogens is 359 g/mol. The number of hydrogen-bond acceptors (Lipinski definition) is 2. The predicted molar refractivity (Wildman–Crippen MR) is 92.3 cm³/mol. The van der Waals surface area contributed by atoms with Crippen LogP contribution in [0.4, 0.5) is 5.69 Å². The van der Waals surface area contributed by atoms with E-state index in [1.807, 2.05) is 6.07 Å². The zero-order chi connectivity index (χ0) is 14.7. The van der Waals surface area contributed by atoms with E-state index < -0.39 is 0 Å². The molecule has 1 fully saturated rings. The Bertz CT molecular complexity index is 467. The summed E-state index contributed by atoms with van der Waals surface area (Å²) in [5.41, 5.74) is 1.05. The van der Waals surface area contributed by atoms with Crippen molar-refractivity contribution in [2.75, 3.05) is 18.0 Å². The van der Waals surface area contributed by atoms with Crippen LogP contribution in [0.5, 0.6) is 0 Å². The second-order valence-electron chi connectivity index (χ2n) is 5.30. The number of nitrogens with one attached hydrogen (secondary N) is 1. The van der Waals surface area contributed by atoms with Gasteiger partial charge in [0.2, 0.25) is 0 Å². The smallest absolute Gasteiger partial charge is 0.0837 e. The second-order valence-corrected chi connectivity index (χ2v) is 6.91. The van der Waals surface area contributed by atoms with Crippen molar-refractivity contribution in [2.24, 2.45) is 0 Å². The largest absolute Gasteiger partial charge is 0.364 e. The zero-order valence-corrected chi connectivity index (χ0v) is 15.0. The first-order valence-electron chi connectivity index (χ1n) is 7.22. The van der Waals surface area contributed by atoms with Gasteiger partial charge in [-0.1, -0.05) is 43.5 Å². The molecule has 112 valence electrons. The predicted octanol–water partition coefficient (Wildman–Crippen LogP) is 5.11. The third kappa shape index (κ3) is 3.44. The highest BCUT2D eigenvalue weighted by Crippen LogP contribution is 2.39. The highest BCUT2D eigenvalue weighted by molar-refractivity contribution is 9.10. The average Bonchev–Trinajstić information content (AvgIpc) is 2.45. The van der Waals surface area contributed by atoms with Gasteiger partial charge in [0.1, 0.15) is 0 Å². The van der Waals surface area contributed by atoms with Crippen LogP contribution < -0.4 is 10.2 Å². The van der Waals surface area contributed by atoms with Crippen LogP contribution >= 0.6 is 39.1 Å². The number of piperazine rings is 1. The Morgan fingerprint density at radius 2 is 2.05 bits per heavy atom. The van der Waals surface area contributed by atoms with Crippen molar-refractivity contribution in [3.05, 3.63) is 26.7 Å². The number of hydrogen-bond donors (Lipinski definition) is 1. The molecular formula is C15H21BrCl2N2. The Morgan fingerprint density at radius 1 is 1.30 bits per heavy atom. The summed E-state index contributed by atoms with van der Waals surface area (Å²) < 4.78 is 0.848. The number of nitrogens with zero attached hydrogens (tertiary/aromatic N) is 1. The molecule has 2 rings (SSSR count). The van der Waals surface area contributed by atoms with Crippen LogP contribution in [0.1, 0.15) is 33.1 Å². The quantitative estimate of drug-likeness (QED) is 0.731. The molecule has 2 nitrogen and oxygen atoms in total. The molecule has 5 heteroatoms. The SMILES string of the molecule is CCCC1CN(c2ccc(Br)c(Cl)c2Cl)C(CC)CN1. The van der Waals surface area contributed by atoms with Gasteiger partial charge in [-0.3, -0.25) is 0 Å². The molecule has 0 saturated carbocycles. The molecule has 0 amide bonds. The molecule has 0 radical (unpaired) electrons. The Balaban J connectivity index is 2.29. The standard InChI is InChI=1S/C15H21BrCl2N2/c1-3-5-10-9-20(11(4-2)8-19-10)13-7-6-12(16)14(17)15(13)18/h6-7,10-11,19H,3-5,8-9H2,1-2H3. The highest BCUT2D eigenvalue weighted by Gasteiger charge is 2.28. The van der Waals surface area contributed by atoms with Crippen molar-refractivity contribution in [1.29, 1.82) is 0 Å². The summed E-state index contributed by atoms with van der Waals surface area (Å²) in [6.07, 6.45) is 3.47. The molecule has 0 bridgehead atoms. The van der Waals surface area contributed by atoms with E-state index in [9.17, 15) is 0 Å². The molecule has 1 saturated heterocycles. The van der Waals surface area contributed by atoms with E-state index in [0.717, 1.165) is 29.7 Å². The van der Waals surface area contributed by atoms with Gasteiger partial charge in [-0.25, -0.2) is 0 Å². The first kappa shape index (κ1) is 16.4. The van der Waals surface area contributed by atoms with E-state index >= 15 is 0 Å². The minimum Gasteiger partial charge on any atom is -0.364 e. The molecule has 1 N–H and O–H groups in total. The van der Waals surface area contributed by atoms with Gasteiger partial charge >= 0.3 is 0 Å². The fourth-order valence-electron chi connectivity index (χ4n) is 2.80. The summed E-state index contributed by atoms with van der Waals surface area (Å²) in [5, 5.41) is 4.89. The van der Waals surface area contributed by atoms with Crippen molar-refractivity contribution in [1.82, 2.24) is 5.32 Å². The lowest BCUT2D eigenvalue weighted by molar-refractivity contribution is 0.369. The zero-order valence-electron chi connectivity index (χ0n) is 11.9. The van der Waals surface area contributed by atoms with Crippen LogP contribution in [0.15, 0.2) is 16.6 Å². The minimum atomic E-state index is 0.470. The van der Waals surface area contributed by atoms with E-state index in [1.54, 1.807) is 0 Å². The highest BCUT2D eigenvalue weighted by atomic mass is 79.9. The van der Waals surface area contributed by atoms with Crippen LogP contribution in [0.25, 0.3) is 0 Å². The molecule has 1 aliphatic heterocycles. The Labute approximate surface area is 139 Å². The van der Waals surface area contributed by atoms with Crippen molar-refractivity contribution in [2.45, 2.75) is 45.2 Å². The monoisotopic (exact) mass is 378 g/mol. The summed E-state index contributed by atoms with van der Waals surface area (Å²) in [7, 11) is 0. The molecule has 0 aliphatic carbocycles. The number of halogens is 3. The summed E-state index contributed by atoms with van der Waals surface area (Å²) >= 11 is 16.2. The maximum absolute atomic E-state index is 6.45. The lowest BCUT2D eigenvalue weighted by atomic mass is 10.0. The van der Waals surface area contributed by atoms with Crippen molar-refractivity contribution in [3.63, 3.8) is 0 Å². The summed E-state index contributed by atoms with van der Waals surface area (Å²) in [6, 6.07) is 5.04. The number of rotatable bonds is 4. The average molecular weight is 380 g/mol. The molecule has 1 heterocycles. The molecule has 1 aliphatic rings. The van der Waals surface area contributed by atoms with Gasteiger partial charge in [-0.05, 0) is 40.9 Å². The molecule has 2 atom stereocenters. The first-order valence-corrected chi connectivity index (χ1v) is 8.76. The van der Waals surface area contributed by atoms with Gasteiger partial charge in [0.05, 0.1) is 15.7 Å². The van der Waals surface area contributed by atoms with Crippen LogP contribution in [0.2, 0.25) is 10.0 Å². The van der Waals surface area contributed by atoms with Gasteiger partial charge in [-0.2, -0.15) is 0 Å². The Morgan fingerprint density at radius 3 is 2.70 bits per heavy atom. The molecule has 20 heavy (non-hydrogen) atoms. The van der Waals surface area contributed by atoms with Gasteiger partial charge in [0, 0.05) is 29.6 Å². The summed E-state index contributed by atoms with van der Waals surface area (Å²) in [4.78, 5) is 2.41. The molecule has 2 unspecified atom stereocenters. The van der Waals surface area contributed by atoms with E-state index in [-0.39, 0.29) is 0 Å². The molecule has 0 aromatic heterocycles. The van der Waals surface area contributed by atoms with Crippen LogP contribution in [-0.2, 0) is 0 Å². The fraction of sp³-hybridized carbons (Fsp3) is 0.600. The molecule has 1 aromatic carbocycles. The maximum atomic E-state index is 6.45. The fourth-order valence-corrected chi connectivity index (χ4v) is 3.68. The second kappa shape index (κ2) is 7.35. The minimum absolute atomic E-state index is 0.470. The van der Waals surface area contributed by atoms with Crippen LogP contribution in [-0.4, -0.2) is 25.2 Å². The summed E-state index contributed by atoms with van der Waals surface area (Å²) in [5.74, 6) is 0. The van der Waals surface area contributed by atoms with E-state index in [1.165, 1.54) is 12.8 Å². The lowest BCUT2D eigenvalue weighted by Crippen LogP contribution is -2.56. The van der Waals surface area contributed by atoms with Crippen LogP contribution in [0, 0.1) is 0 Å². The lowest BCUT2D eigenvalue weighted by Gasteiger charge is -2.42. The van der Waals surface area contributed by atoms with E-state index in [0.29, 0.717) is 22.1 Å². The number of benzene rings is 1. The van der Waals surface area contributed by atoms with Gasteiger partial charge in [-0.15, -0.1) is 0 Å². The van der Waals surface area contributed by atoms with Crippen LogP contribution in [0.3, 0.4) is 0 Å². The maximum Gasteiger partial charge on any atom is 0.0837 e. The topological polar surface area (TPSA) is 15.3 Å². The third-order valence-corrected chi connectivity index (χ3v) is 5.69. The third-order valence-electron chi connectivity index (χ3n) is 3.93. The molecule has 0 spiro atoms. The normalized spacial score (nSPS) is 23.1. The van der Waals surface area contributed by atoms with Crippen molar-refractivity contribution < 1.29 is 0 Å². The van der Waals surface area contributed by atoms with Gasteiger partial charge < -0.3 is 10.2 Å². The Kier molecular flexibility index (Phi) is 6.03. The Hall–Kier alpha value is 0.0400. The van der Waals surface area contributed by atoms with E-state index in [4.69, 9.17) is 23.2 Å². The van der Waals surface area contributed by atoms with Gasteiger partial charge in [0.15, 0.2) is 0 Å².